The maximum absolute atomic E-state index is 12.1. The van der Waals surface area contributed by atoms with E-state index < -0.39 is 24.0 Å². The normalized spacial score (nSPS) is 13.4. The molecule has 20 heavy (non-hydrogen) atoms. The quantitative estimate of drug-likeness (QED) is 0.636. The van der Waals surface area contributed by atoms with Gasteiger partial charge in [-0.25, -0.2) is 4.79 Å². The number of carboxylic acids is 1. The number of aliphatic hydroxyl groups is 1. The Kier molecular flexibility index (Phi) is 6.03. The zero-order valence-electron chi connectivity index (χ0n) is 10.7. The number of methoxy groups -OCH3 is 1. The molecular formula is C12H13ClINO5. The number of carbonyl (C=O) groups excluding carboxylic acids is 1. The third kappa shape index (κ3) is 3.97. The number of benzene rings is 1. The lowest BCUT2D eigenvalue weighted by Crippen LogP contribution is -2.47. The van der Waals surface area contributed by atoms with Gasteiger partial charge >= 0.3 is 5.97 Å². The summed E-state index contributed by atoms with van der Waals surface area (Å²) in [5.74, 6) is -1.75. The lowest BCUT2D eigenvalue weighted by molar-refractivity contribution is -0.141. The van der Waals surface area contributed by atoms with Crippen LogP contribution in [-0.2, 0) is 4.79 Å². The van der Waals surface area contributed by atoms with E-state index in [-0.39, 0.29) is 11.3 Å². The molecule has 0 aliphatic rings. The number of carboxylic acid groups (broad SMARTS) is 1. The van der Waals surface area contributed by atoms with Gasteiger partial charge in [0.25, 0.3) is 5.91 Å². The number of nitrogens with one attached hydrogen (secondary N) is 1. The molecule has 0 aromatic heterocycles. The van der Waals surface area contributed by atoms with Crippen molar-refractivity contribution >= 4 is 46.1 Å². The number of hydrogen-bond donors (Lipinski definition) is 3. The van der Waals surface area contributed by atoms with Crippen molar-refractivity contribution in [1.82, 2.24) is 5.32 Å². The van der Waals surface area contributed by atoms with E-state index in [1.165, 1.54) is 20.1 Å². The minimum atomic E-state index is -1.41. The summed E-state index contributed by atoms with van der Waals surface area (Å²) in [6.07, 6.45) is -1.23. The Labute approximate surface area is 134 Å². The minimum Gasteiger partial charge on any atom is -0.496 e. The summed E-state index contributed by atoms with van der Waals surface area (Å²) in [7, 11) is 1.39. The van der Waals surface area contributed by atoms with E-state index in [9.17, 15) is 14.7 Å². The molecule has 110 valence electrons. The predicted molar refractivity (Wildman–Crippen MR) is 81.3 cm³/mol. The molecule has 1 aromatic carbocycles. The van der Waals surface area contributed by atoms with E-state index in [4.69, 9.17) is 21.4 Å². The van der Waals surface area contributed by atoms with Crippen molar-refractivity contribution in [3.8, 4) is 5.75 Å². The van der Waals surface area contributed by atoms with Gasteiger partial charge in [-0.1, -0.05) is 11.6 Å². The van der Waals surface area contributed by atoms with Crippen LogP contribution in [0.3, 0.4) is 0 Å². The van der Waals surface area contributed by atoms with Crippen LogP contribution in [0.1, 0.15) is 17.3 Å². The molecule has 0 fully saturated rings. The fraction of sp³-hybridized carbons (Fsp3) is 0.333. The minimum absolute atomic E-state index is 0.102. The van der Waals surface area contributed by atoms with Crippen LogP contribution in [0.15, 0.2) is 12.1 Å². The molecule has 1 rings (SSSR count). The Morgan fingerprint density at radius 1 is 1.45 bits per heavy atom. The molecular weight excluding hydrogens is 400 g/mol. The van der Waals surface area contributed by atoms with Gasteiger partial charge in [0.1, 0.15) is 5.75 Å². The molecule has 0 aliphatic carbocycles. The Balaban J connectivity index is 3.08. The number of hydrogen-bond acceptors (Lipinski definition) is 4. The molecule has 2 unspecified atom stereocenters. The van der Waals surface area contributed by atoms with E-state index >= 15 is 0 Å². The van der Waals surface area contributed by atoms with Gasteiger partial charge in [0.15, 0.2) is 6.04 Å². The second-order valence-electron chi connectivity index (χ2n) is 4.00. The van der Waals surface area contributed by atoms with Crippen LogP contribution in [-0.4, -0.2) is 41.3 Å². The lowest BCUT2D eigenvalue weighted by Gasteiger charge is -2.18. The monoisotopic (exact) mass is 413 g/mol. The van der Waals surface area contributed by atoms with E-state index in [1.54, 1.807) is 6.07 Å². The Hall–Kier alpha value is -1.06. The topological polar surface area (TPSA) is 95.9 Å². The Bertz CT molecular complexity index is 535. The number of aliphatic carboxylic acids is 1. The number of halogens is 2. The fourth-order valence-corrected chi connectivity index (χ4v) is 2.08. The highest BCUT2D eigenvalue weighted by atomic mass is 127. The average molecular weight is 414 g/mol. The van der Waals surface area contributed by atoms with Crippen molar-refractivity contribution in [3.05, 3.63) is 26.3 Å². The molecule has 0 bridgehead atoms. The molecule has 2 atom stereocenters. The largest absolute Gasteiger partial charge is 0.496 e. The van der Waals surface area contributed by atoms with Gasteiger partial charge in [-0.3, -0.25) is 4.79 Å². The van der Waals surface area contributed by atoms with Crippen molar-refractivity contribution in [2.75, 3.05) is 7.11 Å². The first-order chi connectivity index (χ1) is 9.27. The first kappa shape index (κ1) is 17.0. The third-order valence-electron chi connectivity index (χ3n) is 2.52. The van der Waals surface area contributed by atoms with Crippen LogP contribution in [0.2, 0.25) is 5.02 Å². The number of ether oxygens (including phenoxy) is 1. The zero-order valence-corrected chi connectivity index (χ0v) is 13.6. The van der Waals surface area contributed by atoms with Gasteiger partial charge in [-0.2, -0.15) is 0 Å². The molecule has 8 heteroatoms. The van der Waals surface area contributed by atoms with Gasteiger partial charge in [0.2, 0.25) is 0 Å². The summed E-state index contributed by atoms with van der Waals surface area (Å²) in [6, 6.07) is 1.54. The smallest absolute Gasteiger partial charge is 0.328 e. The Morgan fingerprint density at radius 3 is 2.50 bits per heavy atom. The molecule has 0 radical (unpaired) electrons. The molecule has 3 N–H and O–H groups in total. The van der Waals surface area contributed by atoms with E-state index in [0.29, 0.717) is 8.59 Å². The number of amides is 1. The first-order valence-electron chi connectivity index (χ1n) is 5.52. The summed E-state index contributed by atoms with van der Waals surface area (Å²) in [4.78, 5) is 23.0. The second-order valence-corrected chi connectivity index (χ2v) is 5.57. The predicted octanol–water partition coefficient (Wildman–Crippen LogP) is 1.52. The second kappa shape index (κ2) is 7.09. The number of carbonyl (C=O) groups is 2. The van der Waals surface area contributed by atoms with Crippen molar-refractivity contribution in [1.29, 1.82) is 0 Å². The van der Waals surface area contributed by atoms with Gasteiger partial charge in [-0.05, 0) is 41.6 Å². The summed E-state index contributed by atoms with van der Waals surface area (Å²) in [5.41, 5.74) is 0.102. The third-order valence-corrected chi connectivity index (χ3v) is 4.05. The van der Waals surface area contributed by atoms with Crippen LogP contribution in [0.25, 0.3) is 0 Å². The van der Waals surface area contributed by atoms with Gasteiger partial charge < -0.3 is 20.3 Å². The van der Waals surface area contributed by atoms with Crippen LogP contribution in [0, 0.1) is 3.57 Å². The SMILES string of the molecule is COc1cc(I)c(Cl)cc1C(=O)NC(C(=O)O)C(C)O. The van der Waals surface area contributed by atoms with E-state index in [1.807, 2.05) is 22.6 Å². The van der Waals surface area contributed by atoms with Crippen molar-refractivity contribution in [2.24, 2.45) is 0 Å². The standard InChI is InChI=1S/C12H13ClINO5/c1-5(16)10(12(18)19)15-11(17)6-3-7(13)8(14)4-9(6)20-2/h3-5,10,16H,1-2H3,(H,15,17)(H,18,19). The van der Waals surface area contributed by atoms with Crippen molar-refractivity contribution in [3.63, 3.8) is 0 Å². The summed E-state index contributed by atoms with van der Waals surface area (Å²) in [5, 5.41) is 20.9. The molecule has 0 spiro atoms. The highest BCUT2D eigenvalue weighted by Gasteiger charge is 2.27. The zero-order chi connectivity index (χ0) is 15.4. The van der Waals surface area contributed by atoms with Crippen LogP contribution >= 0.6 is 34.2 Å². The summed E-state index contributed by atoms with van der Waals surface area (Å²) < 4.78 is 5.77. The molecule has 0 saturated carbocycles. The molecule has 0 heterocycles. The van der Waals surface area contributed by atoms with Crippen LogP contribution in [0.5, 0.6) is 5.75 Å². The molecule has 6 nitrogen and oxygen atoms in total. The Morgan fingerprint density at radius 2 is 2.05 bits per heavy atom. The van der Waals surface area contributed by atoms with Crippen LogP contribution in [0.4, 0.5) is 0 Å². The highest BCUT2D eigenvalue weighted by Crippen LogP contribution is 2.28. The van der Waals surface area contributed by atoms with Crippen molar-refractivity contribution < 1.29 is 24.5 Å². The number of rotatable bonds is 5. The maximum atomic E-state index is 12.1. The van der Waals surface area contributed by atoms with Gasteiger partial charge in [-0.15, -0.1) is 0 Å². The molecule has 1 aromatic rings. The summed E-state index contributed by atoms with van der Waals surface area (Å²) in [6.45, 7) is 1.28. The lowest BCUT2D eigenvalue weighted by atomic mass is 10.1. The van der Waals surface area contributed by atoms with Crippen LogP contribution < -0.4 is 10.1 Å². The average Bonchev–Trinajstić information content (AvgIpc) is 2.37. The summed E-state index contributed by atoms with van der Waals surface area (Å²) >= 11 is 7.92. The van der Waals surface area contributed by atoms with Gasteiger partial charge in [0.05, 0.1) is 23.8 Å². The first-order valence-corrected chi connectivity index (χ1v) is 6.98. The fourth-order valence-electron chi connectivity index (χ4n) is 1.48. The van der Waals surface area contributed by atoms with E-state index in [2.05, 4.69) is 5.32 Å². The van der Waals surface area contributed by atoms with Gasteiger partial charge in [0, 0.05) is 3.57 Å². The maximum Gasteiger partial charge on any atom is 0.328 e. The van der Waals surface area contributed by atoms with E-state index in [0.717, 1.165) is 0 Å². The van der Waals surface area contributed by atoms with Crippen molar-refractivity contribution in [2.45, 2.75) is 19.1 Å². The number of aliphatic hydroxyl groups excluding tert-OH is 1. The molecule has 1 amide bonds. The molecule has 0 saturated heterocycles. The molecule has 0 aliphatic heterocycles. The highest BCUT2D eigenvalue weighted by molar-refractivity contribution is 14.1.